The average molecular weight is 1190 g/mol. The first-order valence-corrected chi connectivity index (χ1v) is 35.3. The summed E-state index contributed by atoms with van der Waals surface area (Å²) in [7, 11) is 0. The maximum atomic E-state index is 13.4. The maximum Gasteiger partial charge on any atom is 0.149 e. The van der Waals surface area contributed by atoms with Crippen LogP contribution >= 0.6 is 0 Å². The minimum Gasteiger partial charge on any atom is -0.505 e. The standard InChI is InChI=1S/C87H86N2O2/c1-56-21-11-16-34-68(56)64-32-17-33-65(53-64)69-35-19-39-79(85(69)90)88(66-45-41-59(42-46-66)57-22-5-2-6-23-57)81-54-77(62-28-12-13-29-62)71-50-52-76-82(55-78(63-30-14-15-31-63)72-49-51-75(81)83(71)84(72)76)89(67-47-43-60(44-48-67)58-24-7-3-8-25-58)80-40-20-38-74-73-37-18-36-70(86(73)91-87(74)80)61-26-9-4-10-27-61/h4,9-11,16-21,26-27,32-58,62-63,68,74,76,82,87,90H,2-3,5-8,12-15,22-25,28-31H2,1H3. The number of hydrogen-bond donors (Lipinski definition) is 1. The number of phenols is 1. The van der Waals surface area contributed by atoms with Gasteiger partial charge in [0, 0.05) is 51.2 Å². The number of allylic oxidation sites excluding steroid dienone is 7. The number of anilines is 4. The Kier molecular flexibility index (Phi) is 15.0. The Bertz CT molecular complexity index is 4250. The van der Waals surface area contributed by atoms with E-state index in [-0.39, 0.29) is 29.9 Å². The topological polar surface area (TPSA) is 35.9 Å². The van der Waals surface area contributed by atoms with Gasteiger partial charge in [0.2, 0.25) is 0 Å². The molecular formula is C87H86N2O2. The molecule has 0 amide bonds. The highest BCUT2D eigenvalue weighted by molar-refractivity contribution is 6.09. The Balaban J connectivity index is 0.862. The Morgan fingerprint density at radius 3 is 1.84 bits per heavy atom. The second-order valence-corrected chi connectivity index (χ2v) is 28.5. The first kappa shape index (κ1) is 56.6. The lowest BCUT2D eigenvalue weighted by molar-refractivity contribution is 0.250. The number of nitrogens with zero attached hydrogens (tertiary/aromatic N) is 2. The third kappa shape index (κ3) is 10.1. The molecule has 8 aromatic rings. The van der Waals surface area contributed by atoms with E-state index >= 15 is 0 Å². The molecule has 1 N–H and O–H groups in total. The molecule has 0 spiro atoms. The fraction of sp³-hybridized carbons (Fsp3) is 0.333. The van der Waals surface area contributed by atoms with E-state index in [1.54, 1.807) is 0 Å². The summed E-state index contributed by atoms with van der Waals surface area (Å²) >= 11 is 0. The summed E-state index contributed by atoms with van der Waals surface area (Å²) in [5.41, 5.74) is 22.5. The van der Waals surface area contributed by atoms with E-state index in [2.05, 4.69) is 235 Å². The van der Waals surface area contributed by atoms with Gasteiger partial charge in [0.1, 0.15) is 17.6 Å². The summed E-state index contributed by atoms with van der Waals surface area (Å²) < 4.78 is 7.56. The molecular weight excluding hydrogens is 1100 g/mol. The maximum absolute atomic E-state index is 13.4. The highest BCUT2D eigenvalue weighted by Gasteiger charge is 2.46. The predicted octanol–water partition coefficient (Wildman–Crippen LogP) is 23.5. The van der Waals surface area contributed by atoms with Gasteiger partial charge in [-0.25, -0.2) is 0 Å². The van der Waals surface area contributed by atoms with Crippen LogP contribution in [-0.4, -0.2) is 17.3 Å². The molecule has 4 saturated carbocycles. The molecule has 0 aromatic heterocycles. The molecule has 4 heteroatoms. The number of para-hydroxylation sites is 2. The number of aromatic hydroxyl groups is 1. The van der Waals surface area contributed by atoms with Crippen molar-refractivity contribution in [1.29, 1.82) is 0 Å². The predicted molar refractivity (Wildman–Crippen MR) is 379 cm³/mol. The van der Waals surface area contributed by atoms with Crippen LogP contribution in [0.3, 0.4) is 0 Å². The highest BCUT2D eigenvalue weighted by atomic mass is 16.5. The molecule has 0 bridgehead atoms. The van der Waals surface area contributed by atoms with E-state index < -0.39 is 0 Å². The molecule has 6 unspecified atom stereocenters. The lowest BCUT2D eigenvalue weighted by Gasteiger charge is -2.45. The third-order valence-electron chi connectivity index (χ3n) is 23.3. The lowest BCUT2D eigenvalue weighted by Crippen LogP contribution is -2.45. The first-order valence-electron chi connectivity index (χ1n) is 35.3. The lowest BCUT2D eigenvalue weighted by atomic mass is 9.69. The normalized spacial score (nSPS) is 23.7. The minimum absolute atomic E-state index is 0.0272. The van der Waals surface area contributed by atoms with Crippen LogP contribution in [0.1, 0.15) is 203 Å². The van der Waals surface area contributed by atoms with Crippen LogP contribution in [0.4, 0.5) is 22.7 Å². The third-order valence-corrected chi connectivity index (χ3v) is 23.3. The second kappa shape index (κ2) is 24.0. The molecule has 17 rings (SSSR count). The van der Waals surface area contributed by atoms with Crippen LogP contribution in [0.2, 0.25) is 0 Å². The van der Waals surface area contributed by atoms with Crippen molar-refractivity contribution < 1.29 is 9.84 Å². The second-order valence-electron chi connectivity index (χ2n) is 28.5. The Labute approximate surface area is 540 Å². The first-order chi connectivity index (χ1) is 45.0. The van der Waals surface area contributed by atoms with E-state index in [1.165, 1.54) is 193 Å². The van der Waals surface area contributed by atoms with Crippen molar-refractivity contribution in [2.45, 2.75) is 170 Å². The Morgan fingerprint density at radius 1 is 0.462 bits per heavy atom. The summed E-state index contributed by atoms with van der Waals surface area (Å²) in [4.78, 5) is 5.23. The minimum atomic E-state index is -0.211. The quantitative estimate of drug-likeness (QED) is 0.125. The van der Waals surface area contributed by atoms with Crippen molar-refractivity contribution in [2.24, 2.45) is 11.8 Å². The number of hydrogen-bond acceptors (Lipinski definition) is 4. The van der Waals surface area contributed by atoms with Gasteiger partial charge in [-0.1, -0.05) is 247 Å². The Morgan fingerprint density at radius 2 is 1.10 bits per heavy atom. The fourth-order valence-electron chi connectivity index (χ4n) is 18.7. The molecule has 4 fully saturated rings. The van der Waals surface area contributed by atoms with E-state index in [0.717, 1.165) is 39.5 Å². The Hall–Kier alpha value is -8.34. The summed E-state index contributed by atoms with van der Waals surface area (Å²) in [6.07, 6.45) is 46.6. The molecule has 9 aliphatic rings. The molecule has 8 aromatic carbocycles. The van der Waals surface area contributed by atoms with Gasteiger partial charge in [-0.15, -0.1) is 0 Å². The van der Waals surface area contributed by atoms with Crippen LogP contribution in [0.15, 0.2) is 218 Å². The fourth-order valence-corrected chi connectivity index (χ4v) is 18.7. The van der Waals surface area contributed by atoms with Gasteiger partial charge in [-0.3, -0.25) is 0 Å². The van der Waals surface area contributed by atoms with E-state index in [1.807, 2.05) is 0 Å². The van der Waals surface area contributed by atoms with Crippen LogP contribution in [0.25, 0.3) is 44.7 Å². The molecule has 0 saturated heterocycles. The van der Waals surface area contributed by atoms with Gasteiger partial charge in [-0.2, -0.15) is 0 Å². The zero-order chi connectivity index (χ0) is 60.5. The largest absolute Gasteiger partial charge is 0.505 e. The van der Waals surface area contributed by atoms with Crippen molar-refractivity contribution in [3.63, 3.8) is 0 Å². The smallest absolute Gasteiger partial charge is 0.149 e. The van der Waals surface area contributed by atoms with Crippen molar-refractivity contribution in [3.8, 4) is 33.8 Å². The van der Waals surface area contributed by atoms with Crippen molar-refractivity contribution in [3.05, 3.63) is 263 Å². The van der Waals surface area contributed by atoms with Crippen LogP contribution in [0, 0.1) is 11.8 Å². The van der Waals surface area contributed by atoms with Crippen molar-refractivity contribution in [2.75, 3.05) is 9.80 Å². The van der Waals surface area contributed by atoms with E-state index in [9.17, 15) is 5.11 Å². The monoisotopic (exact) mass is 1190 g/mol. The zero-order valence-corrected chi connectivity index (χ0v) is 53.0. The van der Waals surface area contributed by atoms with E-state index in [0.29, 0.717) is 35.3 Å². The summed E-state index contributed by atoms with van der Waals surface area (Å²) in [5.74, 6) is 4.16. The molecule has 8 aliphatic carbocycles. The molecule has 456 valence electrons. The van der Waals surface area contributed by atoms with Crippen LogP contribution < -0.4 is 14.5 Å². The van der Waals surface area contributed by atoms with Gasteiger partial charge in [-0.05, 0) is 184 Å². The number of fused-ring (bicyclic) bond motifs is 3. The summed E-state index contributed by atoms with van der Waals surface area (Å²) in [5, 5.41) is 16.0. The molecule has 6 atom stereocenters. The summed E-state index contributed by atoms with van der Waals surface area (Å²) in [6.45, 7) is 2.31. The average Bonchev–Trinajstić information content (AvgIpc) is 0.898. The number of ether oxygens (including phenoxy) is 1. The van der Waals surface area contributed by atoms with Crippen LogP contribution in [0.5, 0.6) is 11.5 Å². The number of benzene rings is 8. The molecule has 4 nitrogen and oxygen atoms in total. The van der Waals surface area contributed by atoms with Crippen molar-refractivity contribution in [1.82, 2.24) is 0 Å². The number of rotatable bonds is 13. The number of phenolic OH excluding ortho intramolecular Hbond substituents is 1. The molecule has 1 aliphatic heterocycles. The van der Waals surface area contributed by atoms with Gasteiger partial charge < -0.3 is 19.6 Å². The molecule has 91 heavy (non-hydrogen) atoms. The molecule has 1 heterocycles. The van der Waals surface area contributed by atoms with Gasteiger partial charge in [0.05, 0.1) is 23.1 Å². The van der Waals surface area contributed by atoms with Crippen LogP contribution in [-0.2, 0) is 0 Å². The SMILES string of the molecule is CC1C=CC=CC1c1cccc(-c2cccc(N(c3ccc(C4CCCCC4)cc3)c3cc(C4CCCC4)c4c5c6c(ccc35)C(C3CCCC3)=CC(N(C3=CC=CC5c7cccc(-c8ccccc8)c7OC35)c3ccc(C5CCCCC5)cc3)C6C=C4)c2O)c1. The van der Waals surface area contributed by atoms with Crippen molar-refractivity contribution >= 4 is 45.2 Å². The van der Waals surface area contributed by atoms with Gasteiger partial charge in [0.25, 0.3) is 0 Å². The highest BCUT2D eigenvalue weighted by Crippen LogP contribution is 2.58. The zero-order valence-electron chi connectivity index (χ0n) is 53.0. The molecule has 0 radical (unpaired) electrons. The van der Waals surface area contributed by atoms with Gasteiger partial charge in [0.15, 0.2) is 0 Å². The van der Waals surface area contributed by atoms with E-state index in [4.69, 9.17) is 4.74 Å². The summed E-state index contributed by atoms with van der Waals surface area (Å²) in [6, 6.07) is 60.2. The van der Waals surface area contributed by atoms with Gasteiger partial charge >= 0.3 is 0 Å².